The molecule has 0 saturated carbocycles. The van der Waals surface area contributed by atoms with Crippen molar-refractivity contribution in [3.8, 4) is 0 Å². The van der Waals surface area contributed by atoms with Gasteiger partial charge in [0.1, 0.15) is 0 Å². The lowest BCUT2D eigenvalue weighted by Crippen LogP contribution is -2.52. The average molecular weight is 229 g/mol. The summed E-state index contributed by atoms with van der Waals surface area (Å²) in [5, 5.41) is 8.89. The first kappa shape index (κ1) is 15.4. The first-order valence-corrected chi connectivity index (χ1v) is 6.59. The summed E-state index contributed by atoms with van der Waals surface area (Å²) >= 11 is 0. The van der Waals surface area contributed by atoms with E-state index < -0.39 is 5.97 Å². The van der Waals surface area contributed by atoms with Crippen molar-refractivity contribution in [2.75, 3.05) is 26.2 Å². The molecule has 0 bridgehead atoms. The Morgan fingerprint density at radius 2 is 1.44 bits per heavy atom. The smallest absolute Gasteiger partial charge is 0.0786 e. The topological polar surface area (TPSA) is 40.1 Å². The van der Waals surface area contributed by atoms with Crippen LogP contribution in [0.25, 0.3) is 0 Å². The standard InChI is InChI=1S/C11H24N.C2H4O2/c1-3-8-12(9-4-2)10-6-5-7-11-12;1-2(3)4/h3-11H2,1-2H3;1H3,(H,3,4)/q+1;/p-1. The highest BCUT2D eigenvalue weighted by Crippen LogP contribution is 2.19. The maximum absolute atomic E-state index is 8.89. The molecule has 3 heteroatoms. The van der Waals surface area contributed by atoms with Crippen molar-refractivity contribution in [3.05, 3.63) is 0 Å². The lowest BCUT2D eigenvalue weighted by atomic mass is 10.1. The molecule has 0 radical (unpaired) electrons. The van der Waals surface area contributed by atoms with Crippen LogP contribution >= 0.6 is 0 Å². The number of hydrogen-bond acceptors (Lipinski definition) is 2. The number of carbonyl (C=O) groups excluding carboxylic acids is 1. The van der Waals surface area contributed by atoms with Crippen molar-refractivity contribution >= 4 is 5.97 Å². The zero-order valence-electron chi connectivity index (χ0n) is 11.1. The Labute approximate surface area is 100 Å². The molecule has 16 heavy (non-hydrogen) atoms. The Morgan fingerprint density at radius 3 is 1.75 bits per heavy atom. The van der Waals surface area contributed by atoms with Crippen LogP contribution in [0.2, 0.25) is 0 Å². The molecule has 0 unspecified atom stereocenters. The fourth-order valence-corrected chi connectivity index (χ4v) is 2.69. The van der Waals surface area contributed by atoms with E-state index in [0.717, 1.165) is 6.92 Å². The third kappa shape index (κ3) is 6.83. The highest BCUT2D eigenvalue weighted by molar-refractivity contribution is 5.60. The summed E-state index contributed by atoms with van der Waals surface area (Å²) < 4.78 is 1.44. The molecule has 1 saturated heterocycles. The largest absolute Gasteiger partial charge is 0.550 e. The van der Waals surface area contributed by atoms with Gasteiger partial charge in [0.2, 0.25) is 0 Å². The van der Waals surface area contributed by atoms with E-state index in [2.05, 4.69) is 13.8 Å². The van der Waals surface area contributed by atoms with Gasteiger partial charge in [-0.25, -0.2) is 0 Å². The van der Waals surface area contributed by atoms with E-state index in [0.29, 0.717) is 0 Å². The lowest BCUT2D eigenvalue weighted by molar-refractivity contribution is -0.932. The fraction of sp³-hybridized carbons (Fsp3) is 0.923. The molecule has 0 aromatic rings. The number of likely N-dealkylation sites (tertiary alicyclic amines) is 1. The van der Waals surface area contributed by atoms with Crippen LogP contribution in [0.1, 0.15) is 52.9 Å². The molecule has 0 amide bonds. The van der Waals surface area contributed by atoms with E-state index in [1.54, 1.807) is 0 Å². The van der Waals surface area contributed by atoms with Gasteiger partial charge >= 0.3 is 0 Å². The van der Waals surface area contributed by atoms with Gasteiger partial charge in [-0.15, -0.1) is 0 Å². The summed E-state index contributed by atoms with van der Waals surface area (Å²) in [6, 6.07) is 0. The molecule has 0 atom stereocenters. The highest BCUT2D eigenvalue weighted by Gasteiger charge is 2.27. The van der Waals surface area contributed by atoms with Gasteiger partial charge in [0, 0.05) is 5.97 Å². The van der Waals surface area contributed by atoms with E-state index in [1.165, 1.54) is 62.8 Å². The fourth-order valence-electron chi connectivity index (χ4n) is 2.69. The quantitative estimate of drug-likeness (QED) is 0.686. The maximum Gasteiger partial charge on any atom is 0.0786 e. The van der Waals surface area contributed by atoms with Crippen molar-refractivity contribution < 1.29 is 14.4 Å². The van der Waals surface area contributed by atoms with Crippen LogP contribution < -0.4 is 5.11 Å². The summed E-state index contributed by atoms with van der Waals surface area (Å²) in [5.41, 5.74) is 0. The highest BCUT2D eigenvalue weighted by atomic mass is 16.4. The van der Waals surface area contributed by atoms with Gasteiger partial charge in [-0.2, -0.15) is 0 Å². The third-order valence-corrected chi connectivity index (χ3v) is 3.16. The van der Waals surface area contributed by atoms with Crippen molar-refractivity contribution in [3.63, 3.8) is 0 Å². The van der Waals surface area contributed by atoms with Crippen LogP contribution in [0.15, 0.2) is 0 Å². The number of carboxylic acids is 1. The Bertz CT molecular complexity index is 167. The average Bonchev–Trinajstić information content (AvgIpc) is 2.19. The number of aliphatic carboxylic acids is 1. The van der Waals surface area contributed by atoms with Gasteiger partial charge in [-0.1, -0.05) is 13.8 Å². The molecule has 1 heterocycles. The molecular formula is C13H27NO2. The number of piperidine rings is 1. The predicted molar refractivity (Wildman–Crippen MR) is 64.8 cm³/mol. The minimum Gasteiger partial charge on any atom is -0.550 e. The monoisotopic (exact) mass is 229 g/mol. The van der Waals surface area contributed by atoms with Gasteiger partial charge < -0.3 is 14.4 Å². The second kappa shape index (κ2) is 8.57. The molecule has 96 valence electrons. The van der Waals surface area contributed by atoms with Crippen LogP contribution in [0.4, 0.5) is 0 Å². The molecule has 1 rings (SSSR count). The molecule has 1 aliphatic rings. The van der Waals surface area contributed by atoms with Crippen molar-refractivity contribution in [2.24, 2.45) is 0 Å². The molecule has 0 aromatic carbocycles. The van der Waals surface area contributed by atoms with E-state index in [4.69, 9.17) is 9.90 Å². The number of quaternary nitrogens is 1. The number of carboxylic acid groups (broad SMARTS) is 1. The number of carbonyl (C=O) groups is 1. The van der Waals surface area contributed by atoms with Crippen LogP contribution in [0.3, 0.4) is 0 Å². The van der Waals surface area contributed by atoms with E-state index in [1.807, 2.05) is 0 Å². The van der Waals surface area contributed by atoms with Crippen molar-refractivity contribution in [1.29, 1.82) is 0 Å². The molecule has 0 spiro atoms. The van der Waals surface area contributed by atoms with E-state index >= 15 is 0 Å². The lowest BCUT2D eigenvalue weighted by Gasteiger charge is -2.41. The summed E-state index contributed by atoms with van der Waals surface area (Å²) in [6.45, 7) is 11.4. The minimum atomic E-state index is -1.08. The van der Waals surface area contributed by atoms with Crippen LogP contribution in [-0.2, 0) is 4.79 Å². The number of nitrogens with zero attached hydrogens (tertiary/aromatic N) is 1. The SMILES string of the molecule is CC(=O)[O-].CCC[N+]1(CCC)CCCCC1. The summed E-state index contributed by atoms with van der Waals surface area (Å²) in [7, 11) is 0. The van der Waals surface area contributed by atoms with Crippen LogP contribution in [0.5, 0.6) is 0 Å². The second-order valence-corrected chi connectivity index (χ2v) is 4.79. The van der Waals surface area contributed by atoms with Crippen LogP contribution in [-0.4, -0.2) is 36.6 Å². The van der Waals surface area contributed by atoms with Gasteiger partial charge in [-0.05, 0) is 39.0 Å². The van der Waals surface area contributed by atoms with Gasteiger partial charge in [0.25, 0.3) is 0 Å². The maximum atomic E-state index is 8.89. The zero-order chi connectivity index (χ0) is 12.4. The number of rotatable bonds is 4. The molecule has 0 N–H and O–H groups in total. The Hall–Kier alpha value is -0.570. The molecule has 0 aliphatic carbocycles. The Balaban J connectivity index is 0.000000487. The van der Waals surface area contributed by atoms with Crippen LogP contribution in [0, 0.1) is 0 Å². The van der Waals surface area contributed by atoms with Gasteiger partial charge in [-0.3, -0.25) is 0 Å². The van der Waals surface area contributed by atoms with E-state index in [-0.39, 0.29) is 0 Å². The molecule has 0 aromatic heterocycles. The first-order valence-electron chi connectivity index (χ1n) is 6.59. The number of hydrogen-bond donors (Lipinski definition) is 0. The van der Waals surface area contributed by atoms with Gasteiger partial charge in [0.05, 0.1) is 26.2 Å². The summed E-state index contributed by atoms with van der Waals surface area (Å²) in [5.74, 6) is -1.08. The summed E-state index contributed by atoms with van der Waals surface area (Å²) in [4.78, 5) is 8.89. The summed E-state index contributed by atoms with van der Waals surface area (Å²) in [6.07, 6.45) is 7.15. The first-order chi connectivity index (χ1) is 7.56. The normalized spacial score (nSPS) is 18.4. The van der Waals surface area contributed by atoms with Crippen molar-refractivity contribution in [1.82, 2.24) is 0 Å². The second-order valence-electron chi connectivity index (χ2n) is 4.79. The van der Waals surface area contributed by atoms with E-state index in [9.17, 15) is 0 Å². The molecule has 3 nitrogen and oxygen atoms in total. The minimum absolute atomic E-state index is 0.972. The molecular weight excluding hydrogens is 202 g/mol. The molecule has 1 fully saturated rings. The predicted octanol–water partition coefficient (Wildman–Crippen LogP) is 1.56. The Morgan fingerprint density at radius 1 is 1.06 bits per heavy atom. The zero-order valence-corrected chi connectivity index (χ0v) is 11.1. The van der Waals surface area contributed by atoms with Gasteiger partial charge in [0.15, 0.2) is 0 Å². The molecule has 1 aliphatic heterocycles. The third-order valence-electron chi connectivity index (χ3n) is 3.16. The van der Waals surface area contributed by atoms with Crippen molar-refractivity contribution in [2.45, 2.75) is 52.9 Å². The Kier molecular flexibility index (Phi) is 8.26.